The Morgan fingerprint density at radius 1 is 0.964 bits per heavy atom. The molecule has 146 valence electrons. The zero-order chi connectivity index (χ0) is 19.2. The van der Waals surface area contributed by atoms with E-state index in [4.69, 9.17) is 4.74 Å². The molecule has 4 rings (SSSR count). The maximum Gasteiger partial charge on any atom is 0.195 e. The summed E-state index contributed by atoms with van der Waals surface area (Å²) in [6.07, 6.45) is 2.55. The minimum absolute atomic E-state index is 0.638. The highest BCUT2D eigenvalue weighted by Gasteiger charge is 2.19. The van der Waals surface area contributed by atoms with Gasteiger partial charge in [0.15, 0.2) is 11.0 Å². The maximum atomic E-state index is 5.93. The number of rotatable bonds is 8. The molecule has 0 bridgehead atoms. The van der Waals surface area contributed by atoms with Crippen LogP contribution in [0.5, 0.6) is 5.75 Å². The summed E-state index contributed by atoms with van der Waals surface area (Å²) in [5.74, 6) is 2.78. The van der Waals surface area contributed by atoms with Crippen molar-refractivity contribution < 1.29 is 4.74 Å². The van der Waals surface area contributed by atoms with E-state index >= 15 is 0 Å². The number of aromatic nitrogens is 3. The SMILES string of the molecule is Cc1ccccc1OCCSc1nnc(CN2CCCC2)n1-c1ccccc1. The molecule has 5 nitrogen and oxygen atoms in total. The number of aryl methyl sites for hydroxylation is 1. The standard InChI is InChI=1S/C22H26N4OS/c1-18-9-5-6-12-20(18)27-15-16-28-22-24-23-21(17-25-13-7-8-14-25)26(22)19-10-3-2-4-11-19/h2-6,9-12H,7-8,13-17H2,1H3. The lowest BCUT2D eigenvalue weighted by molar-refractivity contribution is 0.319. The molecule has 0 unspecified atom stereocenters. The van der Waals surface area contributed by atoms with Crippen molar-refractivity contribution in [1.82, 2.24) is 19.7 Å². The molecule has 1 saturated heterocycles. The monoisotopic (exact) mass is 394 g/mol. The van der Waals surface area contributed by atoms with Crippen molar-refractivity contribution in [3.63, 3.8) is 0 Å². The van der Waals surface area contributed by atoms with Crippen molar-refractivity contribution in [1.29, 1.82) is 0 Å². The Labute approximate surface area is 170 Å². The summed E-state index contributed by atoms with van der Waals surface area (Å²) < 4.78 is 8.12. The molecule has 0 spiro atoms. The Balaban J connectivity index is 1.45. The molecule has 28 heavy (non-hydrogen) atoms. The molecule has 0 radical (unpaired) electrons. The van der Waals surface area contributed by atoms with Gasteiger partial charge in [0.1, 0.15) is 5.75 Å². The fourth-order valence-corrected chi connectivity index (χ4v) is 4.26. The van der Waals surface area contributed by atoms with Gasteiger partial charge in [0.25, 0.3) is 0 Å². The van der Waals surface area contributed by atoms with Gasteiger partial charge in [-0.05, 0) is 56.6 Å². The molecule has 6 heteroatoms. The first-order valence-electron chi connectivity index (χ1n) is 9.84. The van der Waals surface area contributed by atoms with Gasteiger partial charge in [-0.1, -0.05) is 48.2 Å². The zero-order valence-corrected chi connectivity index (χ0v) is 17.1. The molecule has 0 saturated carbocycles. The van der Waals surface area contributed by atoms with Crippen LogP contribution in [0.4, 0.5) is 0 Å². The molecule has 1 fully saturated rings. The number of para-hydroxylation sites is 2. The van der Waals surface area contributed by atoms with Crippen LogP contribution in [0.1, 0.15) is 24.2 Å². The van der Waals surface area contributed by atoms with Crippen LogP contribution in [0.3, 0.4) is 0 Å². The quantitative estimate of drug-likeness (QED) is 0.420. The van der Waals surface area contributed by atoms with Crippen molar-refractivity contribution in [3.05, 3.63) is 66.0 Å². The van der Waals surface area contributed by atoms with E-state index in [1.165, 1.54) is 12.8 Å². The van der Waals surface area contributed by atoms with E-state index in [0.717, 1.165) is 53.4 Å². The van der Waals surface area contributed by atoms with Gasteiger partial charge in [0, 0.05) is 11.4 Å². The second-order valence-corrected chi connectivity index (χ2v) is 8.08. The van der Waals surface area contributed by atoms with E-state index in [9.17, 15) is 0 Å². The average Bonchev–Trinajstić information content (AvgIpc) is 3.37. The lowest BCUT2D eigenvalue weighted by atomic mass is 10.2. The molecule has 1 aliphatic heterocycles. The van der Waals surface area contributed by atoms with Crippen LogP contribution in [0.15, 0.2) is 59.8 Å². The van der Waals surface area contributed by atoms with Gasteiger partial charge in [-0.2, -0.15) is 0 Å². The summed E-state index contributed by atoms with van der Waals surface area (Å²) in [6, 6.07) is 18.5. The third-order valence-corrected chi connectivity index (χ3v) is 5.84. The first kappa shape index (κ1) is 19.0. The van der Waals surface area contributed by atoms with Gasteiger partial charge in [0.2, 0.25) is 0 Å². The van der Waals surface area contributed by atoms with Crippen molar-refractivity contribution >= 4 is 11.8 Å². The summed E-state index contributed by atoms with van der Waals surface area (Å²) in [6.45, 7) is 5.85. The van der Waals surface area contributed by atoms with Crippen LogP contribution in [0.25, 0.3) is 5.69 Å². The van der Waals surface area contributed by atoms with E-state index in [-0.39, 0.29) is 0 Å². The van der Waals surface area contributed by atoms with Gasteiger partial charge < -0.3 is 4.74 Å². The van der Waals surface area contributed by atoms with Crippen LogP contribution < -0.4 is 4.74 Å². The normalized spacial score (nSPS) is 14.5. The summed E-state index contributed by atoms with van der Waals surface area (Å²) >= 11 is 1.69. The third kappa shape index (κ3) is 4.56. The molecule has 1 aromatic heterocycles. The van der Waals surface area contributed by atoms with E-state index < -0.39 is 0 Å². The molecular weight excluding hydrogens is 368 g/mol. The fourth-order valence-electron chi connectivity index (χ4n) is 3.48. The highest BCUT2D eigenvalue weighted by molar-refractivity contribution is 7.99. The Morgan fingerprint density at radius 2 is 1.71 bits per heavy atom. The third-order valence-electron chi connectivity index (χ3n) is 4.94. The van der Waals surface area contributed by atoms with E-state index in [0.29, 0.717) is 6.61 Å². The fraction of sp³-hybridized carbons (Fsp3) is 0.364. The predicted octanol–water partition coefficient (Wildman–Crippen LogP) is 4.34. The molecule has 2 aromatic carbocycles. The number of benzene rings is 2. The maximum absolute atomic E-state index is 5.93. The average molecular weight is 395 g/mol. The van der Waals surface area contributed by atoms with E-state index in [1.807, 2.05) is 24.3 Å². The number of hydrogen-bond donors (Lipinski definition) is 0. The largest absolute Gasteiger partial charge is 0.492 e. The summed E-state index contributed by atoms with van der Waals surface area (Å²) in [5.41, 5.74) is 2.27. The van der Waals surface area contributed by atoms with Crippen LogP contribution in [0, 0.1) is 6.92 Å². The second kappa shape index (κ2) is 9.26. The number of likely N-dealkylation sites (tertiary alicyclic amines) is 1. The van der Waals surface area contributed by atoms with Crippen molar-refractivity contribution in [3.8, 4) is 11.4 Å². The number of thioether (sulfide) groups is 1. The second-order valence-electron chi connectivity index (χ2n) is 7.02. The molecule has 0 atom stereocenters. The predicted molar refractivity (Wildman–Crippen MR) is 113 cm³/mol. The van der Waals surface area contributed by atoms with Gasteiger partial charge in [-0.15, -0.1) is 10.2 Å². The first-order valence-corrected chi connectivity index (χ1v) is 10.8. The Hall–Kier alpha value is -2.31. The Morgan fingerprint density at radius 3 is 2.50 bits per heavy atom. The first-order chi connectivity index (χ1) is 13.8. The Bertz CT molecular complexity index is 891. The van der Waals surface area contributed by atoms with E-state index in [1.54, 1.807) is 11.8 Å². The van der Waals surface area contributed by atoms with Crippen LogP contribution in [-0.4, -0.2) is 45.1 Å². The smallest absolute Gasteiger partial charge is 0.195 e. The van der Waals surface area contributed by atoms with Gasteiger partial charge in [-0.25, -0.2) is 0 Å². The molecular formula is C22H26N4OS. The molecule has 0 aliphatic carbocycles. The summed E-state index contributed by atoms with van der Waals surface area (Å²) in [7, 11) is 0. The molecule has 2 heterocycles. The number of ether oxygens (including phenoxy) is 1. The summed E-state index contributed by atoms with van der Waals surface area (Å²) in [5, 5.41) is 9.93. The van der Waals surface area contributed by atoms with Crippen LogP contribution >= 0.6 is 11.8 Å². The number of nitrogens with zero attached hydrogens (tertiary/aromatic N) is 4. The van der Waals surface area contributed by atoms with Gasteiger partial charge in [0.05, 0.1) is 13.2 Å². The van der Waals surface area contributed by atoms with Crippen LogP contribution in [-0.2, 0) is 6.54 Å². The highest BCUT2D eigenvalue weighted by atomic mass is 32.2. The van der Waals surface area contributed by atoms with Gasteiger partial charge >= 0.3 is 0 Å². The van der Waals surface area contributed by atoms with Crippen LogP contribution in [0.2, 0.25) is 0 Å². The van der Waals surface area contributed by atoms with E-state index in [2.05, 4.69) is 56.9 Å². The lowest BCUT2D eigenvalue weighted by Crippen LogP contribution is -2.21. The zero-order valence-electron chi connectivity index (χ0n) is 16.3. The molecule has 3 aromatic rings. The minimum Gasteiger partial charge on any atom is -0.492 e. The topological polar surface area (TPSA) is 43.2 Å². The molecule has 0 amide bonds. The van der Waals surface area contributed by atoms with Crippen molar-refractivity contribution in [2.24, 2.45) is 0 Å². The number of hydrogen-bond acceptors (Lipinski definition) is 5. The van der Waals surface area contributed by atoms with Crippen molar-refractivity contribution in [2.75, 3.05) is 25.4 Å². The molecule has 1 aliphatic rings. The highest BCUT2D eigenvalue weighted by Crippen LogP contribution is 2.24. The lowest BCUT2D eigenvalue weighted by Gasteiger charge is -2.16. The van der Waals surface area contributed by atoms with Crippen molar-refractivity contribution in [2.45, 2.75) is 31.5 Å². The minimum atomic E-state index is 0.638. The van der Waals surface area contributed by atoms with Gasteiger partial charge in [-0.3, -0.25) is 9.47 Å². The molecule has 0 N–H and O–H groups in total. The summed E-state index contributed by atoms with van der Waals surface area (Å²) in [4.78, 5) is 2.46. The Kier molecular flexibility index (Phi) is 6.29.